The first kappa shape index (κ1) is 19.4. The van der Waals surface area contributed by atoms with Gasteiger partial charge in [0.15, 0.2) is 5.65 Å². The lowest BCUT2D eigenvalue weighted by Crippen LogP contribution is -2.23. The highest BCUT2D eigenvalue weighted by atomic mass is 16.5. The third-order valence-corrected chi connectivity index (χ3v) is 5.56. The van der Waals surface area contributed by atoms with Crippen LogP contribution in [0.1, 0.15) is 24.6 Å². The van der Waals surface area contributed by atoms with Gasteiger partial charge in [0, 0.05) is 39.1 Å². The molecule has 0 amide bonds. The molecule has 0 spiro atoms. The van der Waals surface area contributed by atoms with Crippen LogP contribution in [0.5, 0.6) is 11.8 Å². The van der Waals surface area contributed by atoms with Gasteiger partial charge < -0.3 is 9.47 Å². The van der Waals surface area contributed by atoms with Crippen molar-refractivity contribution in [2.45, 2.75) is 25.8 Å². The molecule has 0 unspecified atom stereocenters. The highest BCUT2D eigenvalue weighted by molar-refractivity contribution is 5.74. The fourth-order valence-corrected chi connectivity index (χ4v) is 3.90. The Balaban J connectivity index is 1.48. The predicted octanol–water partition coefficient (Wildman–Crippen LogP) is 2.38. The molecule has 0 saturated carbocycles. The van der Waals surface area contributed by atoms with Crippen molar-refractivity contribution in [3.8, 4) is 23.0 Å². The van der Waals surface area contributed by atoms with Crippen molar-refractivity contribution in [2.24, 2.45) is 14.1 Å². The van der Waals surface area contributed by atoms with Crippen LogP contribution in [-0.4, -0.2) is 47.3 Å². The average molecular weight is 421 g/mol. The number of hydrogen-bond donors (Lipinski definition) is 0. The predicted molar refractivity (Wildman–Crippen MR) is 113 cm³/mol. The molecule has 1 aliphatic rings. The van der Waals surface area contributed by atoms with Gasteiger partial charge in [0.25, 0.3) is 5.56 Å². The Morgan fingerprint density at radius 1 is 1.16 bits per heavy atom. The molecule has 0 atom stereocenters. The first-order valence-electron chi connectivity index (χ1n) is 10.2. The maximum absolute atomic E-state index is 12.9. The Morgan fingerprint density at radius 2 is 1.97 bits per heavy atom. The zero-order chi connectivity index (χ0) is 21.5. The van der Waals surface area contributed by atoms with Crippen LogP contribution in [0.15, 0.2) is 35.5 Å². The minimum absolute atomic E-state index is 0.155. The number of nitrogens with zero attached hydrogens (tertiary/aromatic N) is 7. The number of fused-ring (bicyclic) bond motifs is 1. The fourth-order valence-electron chi connectivity index (χ4n) is 3.90. The molecule has 10 heteroatoms. The van der Waals surface area contributed by atoms with E-state index in [1.807, 2.05) is 30.9 Å². The van der Waals surface area contributed by atoms with E-state index in [0.29, 0.717) is 30.0 Å². The van der Waals surface area contributed by atoms with E-state index in [4.69, 9.17) is 9.47 Å². The van der Waals surface area contributed by atoms with E-state index >= 15 is 0 Å². The number of ether oxygens (including phenoxy) is 2. The molecule has 0 radical (unpaired) electrons. The molecular formula is C21H23N7O3. The van der Waals surface area contributed by atoms with Gasteiger partial charge in [-0.05, 0) is 31.9 Å². The van der Waals surface area contributed by atoms with Crippen molar-refractivity contribution in [3.05, 3.63) is 46.8 Å². The lowest BCUT2D eigenvalue weighted by Gasteiger charge is -2.22. The SMILES string of the molecule is Cc1nn(C)cc1-c1ccc(Oc2nc3c(cnn3C3CCOCC3)c(=O)n2C)cn1. The van der Waals surface area contributed by atoms with E-state index in [9.17, 15) is 4.79 Å². The van der Waals surface area contributed by atoms with Gasteiger partial charge in [-0.15, -0.1) is 0 Å². The van der Waals surface area contributed by atoms with Crippen molar-refractivity contribution >= 4 is 11.0 Å². The molecule has 31 heavy (non-hydrogen) atoms. The molecule has 4 aromatic rings. The number of aromatic nitrogens is 7. The zero-order valence-corrected chi connectivity index (χ0v) is 17.6. The fraction of sp³-hybridized carbons (Fsp3) is 0.381. The van der Waals surface area contributed by atoms with Crippen LogP contribution in [0, 0.1) is 6.92 Å². The van der Waals surface area contributed by atoms with Crippen molar-refractivity contribution in [1.82, 2.24) is 34.1 Å². The van der Waals surface area contributed by atoms with Crippen molar-refractivity contribution < 1.29 is 9.47 Å². The topological polar surface area (TPSA) is 102 Å². The standard InChI is InChI=1S/C21H23N7O3/c1-13-17(12-26(2)25-13)18-5-4-15(10-22-18)31-21-24-19-16(20(29)27(21)3)11-23-28(19)14-6-8-30-9-7-14/h4-5,10-12,14H,6-9H2,1-3H3. The average Bonchev–Trinajstić information content (AvgIpc) is 3.35. The van der Waals surface area contributed by atoms with Gasteiger partial charge in [-0.2, -0.15) is 15.2 Å². The third-order valence-electron chi connectivity index (χ3n) is 5.56. The van der Waals surface area contributed by atoms with Gasteiger partial charge >= 0.3 is 6.01 Å². The molecule has 0 aliphatic carbocycles. The van der Waals surface area contributed by atoms with Gasteiger partial charge in [-0.25, -0.2) is 4.68 Å². The first-order valence-corrected chi connectivity index (χ1v) is 10.2. The molecule has 5 heterocycles. The lowest BCUT2D eigenvalue weighted by atomic mass is 10.1. The van der Waals surface area contributed by atoms with E-state index in [0.717, 1.165) is 29.8 Å². The minimum Gasteiger partial charge on any atom is -0.424 e. The monoisotopic (exact) mass is 421 g/mol. The second-order valence-electron chi connectivity index (χ2n) is 7.71. The van der Waals surface area contributed by atoms with E-state index in [1.54, 1.807) is 30.2 Å². The van der Waals surface area contributed by atoms with Crippen molar-refractivity contribution in [1.29, 1.82) is 0 Å². The molecule has 1 aliphatic heterocycles. The molecule has 5 rings (SSSR count). The van der Waals surface area contributed by atoms with Crippen LogP contribution in [-0.2, 0) is 18.8 Å². The summed E-state index contributed by atoms with van der Waals surface area (Å²) in [5, 5.41) is 9.26. The quantitative estimate of drug-likeness (QED) is 0.498. The van der Waals surface area contributed by atoms with Crippen molar-refractivity contribution in [2.75, 3.05) is 13.2 Å². The van der Waals surface area contributed by atoms with Gasteiger partial charge in [0.2, 0.25) is 0 Å². The Hall–Kier alpha value is -3.53. The minimum atomic E-state index is -0.200. The smallest absolute Gasteiger partial charge is 0.306 e. The van der Waals surface area contributed by atoms with E-state index < -0.39 is 0 Å². The maximum Gasteiger partial charge on any atom is 0.306 e. The summed E-state index contributed by atoms with van der Waals surface area (Å²) in [6, 6.07) is 4.02. The number of aryl methyl sites for hydroxylation is 2. The normalized spacial score (nSPS) is 14.9. The molecule has 10 nitrogen and oxygen atoms in total. The molecule has 160 valence electrons. The summed E-state index contributed by atoms with van der Waals surface area (Å²) in [4.78, 5) is 22.0. The number of hydrogen-bond acceptors (Lipinski definition) is 7. The van der Waals surface area contributed by atoms with Crippen LogP contribution in [0.4, 0.5) is 0 Å². The summed E-state index contributed by atoms with van der Waals surface area (Å²) in [5.41, 5.74) is 2.99. The first-order chi connectivity index (χ1) is 15.0. The molecule has 0 bridgehead atoms. The van der Waals surface area contributed by atoms with Gasteiger partial charge in [-0.3, -0.25) is 19.0 Å². The molecule has 1 saturated heterocycles. The zero-order valence-electron chi connectivity index (χ0n) is 17.6. The Labute approximate surface area is 178 Å². The van der Waals surface area contributed by atoms with Crippen LogP contribution >= 0.6 is 0 Å². The Morgan fingerprint density at radius 3 is 2.65 bits per heavy atom. The van der Waals surface area contributed by atoms with Gasteiger partial charge in [0.1, 0.15) is 11.1 Å². The van der Waals surface area contributed by atoms with Crippen LogP contribution in [0.2, 0.25) is 0 Å². The van der Waals surface area contributed by atoms with Crippen molar-refractivity contribution in [3.63, 3.8) is 0 Å². The van der Waals surface area contributed by atoms with Crippen LogP contribution in [0.25, 0.3) is 22.3 Å². The highest BCUT2D eigenvalue weighted by Crippen LogP contribution is 2.27. The summed E-state index contributed by atoms with van der Waals surface area (Å²) in [7, 11) is 3.51. The Kier molecular flexibility index (Phi) is 4.78. The highest BCUT2D eigenvalue weighted by Gasteiger charge is 2.22. The van der Waals surface area contributed by atoms with E-state index in [2.05, 4.69) is 20.2 Å². The molecule has 4 aromatic heterocycles. The van der Waals surface area contributed by atoms with E-state index in [-0.39, 0.29) is 17.6 Å². The summed E-state index contributed by atoms with van der Waals surface area (Å²) >= 11 is 0. The lowest BCUT2D eigenvalue weighted by molar-refractivity contribution is 0.0673. The van der Waals surface area contributed by atoms with Crippen LogP contribution < -0.4 is 10.3 Å². The summed E-state index contributed by atoms with van der Waals surface area (Å²) < 4.78 is 16.3. The number of pyridine rings is 1. The maximum atomic E-state index is 12.9. The summed E-state index contributed by atoms with van der Waals surface area (Å²) in [5.74, 6) is 0.490. The summed E-state index contributed by atoms with van der Waals surface area (Å²) in [6.45, 7) is 3.29. The molecule has 1 fully saturated rings. The van der Waals surface area contributed by atoms with Gasteiger partial charge in [-0.1, -0.05) is 0 Å². The van der Waals surface area contributed by atoms with Gasteiger partial charge in [0.05, 0.1) is 29.8 Å². The van der Waals surface area contributed by atoms with Crippen LogP contribution in [0.3, 0.4) is 0 Å². The second-order valence-corrected chi connectivity index (χ2v) is 7.71. The molecule has 0 N–H and O–H groups in total. The van der Waals surface area contributed by atoms with E-state index in [1.165, 1.54) is 4.57 Å². The second kappa shape index (κ2) is 7.62. The number of rotatable bonds is 4. The largest absolute Gasteiger partial charge is 0.424 e. The third kappa shape index (κ3) is 3.48. The molecule has 0 aromatic carbocycles. The summed E-state index contributed by atoms with van der Waals surface area (Å²) in [6.07, 6.45) is 6.80. The molecular weight excluding hydrogens is 398 g/mol. The Bertz CT molecular complexity index is 1300.